The van der Waals surface area contributed by atoms with Crippen molar-refractivity contribution in [3.05, 3.63) is 57.2 Å². The maximum absolute atomic E-state index is 13.8. The smallest absolute Gasteiger partial charge is 0.269 e. The highest BCUT2D eigenvalue weighted by molar-refractivity contribution is 6.02. The molecule has 0 aliphatic heterocycles. The summed E-state index contributed by atoms with van der Waals surface area (Å²) in [5, 5.41) is 3.65. The summed E-state index contributed by atoms with van der Waals surface area (Å²) in [4.78, 5) is 40.4. The monoisotopic (exact) mass is 473 g/mol. The first-order valence-electron chi connectivity index (χ1n) is 12.8. The number of carbonyl (C=O) groups is 2. The van der Waals surface area contributed by atoms with E-state index >= 15 is 0 Å². The van der Waals surface area contributed by atoms with Crippen LogP contribution >= 0.6 is 0 Å². The van der Waals surface area contributed by atoms with Crippen molar-refractivity contribution in [3.8, 4) is 12.3 Å². The van der Waals surface area contributed by atoms with Crippen LogP contribution in [-0.2, 0) is 31.2 Å². The summed E-state index contributed by atoms with van der Waals surface area (Å²) in [7, 11) is 1.83. The number of hydrogen-bond donors (Lipinski definition) is 1. The van der Waals surface area contributed by atoms with E-state index in [0.29, 0.717) is 35.9 Å². The van der Waals surface area contributed by atoms with E-state index in [1.165, 1.54) is 0 Å². The Morgan fingerprint density at radius 1 is 1.17 bits per heavy atom. The van der Waals surface area contributed by atoms with Gasteiger partial charge in [0.15, 0.2) is 5.78 Å². The van der Waals surface area contributed by atoms with Crippen LogP contribution in [-0.4, -0.2) is 26.4 Å². The van der Waals surface area contributed by atoms with Gasteiger partial charge in [-0.15, -0.1) is 6.42 Å². The zero-order valence-corrected chi connectivity index (χ0v) is 21.1. The predicted molar refractivity (Wildman–Crippen MR) is 140 cm³/mol. The third-order valence-corrected chi connectivity index (χ3v) is 7.59. The van der Waals surface area contributed by atoms with Gasteiger partial charge in [0.25, 0.3) is 11.5 Å². The van der Waals surface area contributed by atoms with Crippen molar-refractivity contribution in [2.24, 2.45) is 7.05 Å². The molecule has 2 heterocycles. The number of amides is 1. The fourth-order valence-electron chi connectivity index (χ4n) is 5.59. The fourth-order valence-corrected chi connectivity index (χ4v) is 5.59. The second-order valence-corrected chi connectivity index (χ2v) is 9.70. The lowest BCUT2D eigenvalue weighted by atomic mass is 9.82. The molecule has 0 saturated heterocycles. The van der Waals surface area contributed by atoms with E-state index in [1.807, 2.05) is 49.8 Å². The lowest BCUT2D eigenvalue weighted by Crippen LogP contribution is -2.49. The second-order valence-electron chi connectivity index (χ2n) is 9.70. The number of pyridine rings is 1. The molecule has 0 bridgehead atoms. The Labute approximate surface area is 207 Å². The maximum atomic E-state index is 13.8. The van der Waals surface area contributed by atoms with Crippen LogP contribution in [0.1, 0.15) is 80.5 Å². The highest BCUT2D eigenvalue weighted by atomic mass is 16.2. The van der Waals surface area contributed by atoms with Crippen molar-refractivity contribution in [2.45, 2.75) is 83.7 Å². The van der Waals surface area contributed by atoms with Gasteiger partial charge >= 0.3 is 0 Å². The number of ketones is 1. The third kappa shape index (κ3) is 4.52. The van der Waals surface area contributed by atoms with E-state index in [2.05, 4.69) is 11.2 Å². The van der Waals surface area contributed by atoms with Gasteiger partial charge in [0.05, 0.1) is 17.4 Å². The Hall–Kier alpha value is -3.33. The van der Waals surface area contributed by atoms with Crippen molar-refractivity contribution >= 4 is 22.6 Å². The van der Waals surface area contributed by atoms with Crippen molar-refractivity contribution in [3.63, 3.8) is 0 Å². The van der Waals surface area contributed by atoms with Crippen LogP contribution in [0, 0.1) is 12.3 Å². The van der Waals surface area contributed by atoms with Crippen LogP contribution in [0.4, 0.5) is 0 Å². The molecule has 0 unspecified atom stereocenters. The van der Waals surface area contributed by atoms with Gasteiger partial charge in [0.1, 0.15) is 11.2 Å². The fraction of sp³-hybridized carbons (Fsp3) is 0.483. The SMILES string of the molecule is C#CC1(NC(=O)c2c(CC)c3c(=O)n(CC(=O)C4=CC=CCC4)c(CC)cc3n2C)CCCCC1. The van der Waals surface area contributed by atoms with Gasteiger partial charge in [-0.2, -0.15) is 0 Å². The quantitative estimate of drug-likeness (QED) is 0.607. The van der Waals surface area contributed by atoms with Crippen molar-refractivity contribution in [1.82, 2.24) is 14.5 Å². The van der Waals surface area contributed by atoms with Crippen LogP contribution in [0.2, 0.25) is 0 Å². The van der Waals surface area contributed by atoms with Gasteiger partial charge in [0.2, 0.25) is 0 Å². The van der Waals surface area contributed by atoms with Gasteiger partial charge in [0, 0.05) is 12.7 Å². The summed E-state index contributed by atoms with van der Waals surface area (Å²) in [6.07, 6.45) is 18.9. The first-order valence-corrected chi connectivity index (χ1v) is 12.8. The number of allylic oxidation sites excluding steroid dienone is 4. The summed E-state index contributed by atoms with van der Waals surface area (Å²) in [6, 6.07) is 1.95. The molecule has 1 saturated carbocycles. The molecule has 2 aliphatic rings. The Bertz CT molecular complexity index is 1320. The molecule has 2 aliphatic carbocycles. The first kappa shape index (κ1) is 24.8. The van der Waals surface area contributed by atoms with E-state index in [-0.39, 0.29) is 23.8 Å². The van der Waals surface area contributed by atoms with Crippen molar-refractivity contribution in [1.29, 1.82) is 0 Å². The topological polar surface area (TPSA) is 73.1 Å². The highest BCUT2D eigenvalue weighted by Gasteiger charge is 2.34. The van der Waals surface area contributed by atoms with E-state index in [0.717, 1.165) is 55.3 Å². The number of carbonyl (C=O) groups excluding carboxylic acids is 2. The van der Waals surface area contributed by atoms with E-state index < -0.39 is 5.54 Å². The molecular weight excluding hydrogens is 438 g/mol. The number of terminal acetylenes is 1. The van der Waals surface area contributed by atoms with Crippen LogP contribution in [0.3, 0.4) is 0 Å². The summed E-state index contributed by atoms with van der Waals surface area (Å²) in [6.45, 7) is 3.93. The largest absolute Gasteiger partial charge is 0.339 e. The molecule has 6 nitrogen and oxygen atoms in total. The number of nitrogens with zero attached hydrogens (tertiary/aromatic N) is 2. The van der Waals surface area contributed by atoms with Crippen molar-refractivity contribution < 1.29 is 9.59 Å². The molecule has 35 heavy (non-hydrogen) atoms. The van der Waals surface area contributed by atoms with E-state index in [9.17, 15) is 14.4 Å². The average molecular weight is 474 g/mol. The summed E-state index contributed by atoms with van der Waals surface area (Å²) >= 11 is 0. The number of nitrogens with one attached hydrogen (secondary N) is 1. The molecule has 2 aromatic rings. The third-order valence-electron chi connectivity index (χ3n) is 7.59. The van der Waals surface area contributed by atoms with Gasteiger partial charge in [-0.05, 0) is 55.7 Å². The Morgan fingerprint density at radius 3 is 2.51 bits per heavy atom. The Balaban J connectivity index is 1.80. The summed E-state index contributed by atoms with van der Waals surface area (Å²) in [5.74, 6) is 2.57. The molecular formula is C29H35N3O3. The van der Waals surface area contributed by atoms with E-state index in [4.69, 9.17) is 6.42 Å². The van der Waals surface area contributed by atoms with Gasteiger partial charge < -0.3 is 14.5 Å². The molecule has 0 aromatic carbocycles. The summed E-state index contributed by atoms with van der Waals surface area (Å²) < 4.78 is 3.41. The molecule has 1 amide bonds. The number of fused-ring (bicyclic) bond motifs is 1. The number of hydrogen-bond acceptors (Lipinski definition) is 3. The molecule has 0 radical (unpaired) electrons. The first-order chi connectivity index (χ1) is 16.9. The Morgan fingerprint density at radius 2 is 1.91 bits per heavy atom. The second kappa shape index (κ2) is 10.1. The lowest BCUT2D eigenvalue weighted by Gasteiger charge is -2.33. The molecule has 1 fully saturated rings. The van der Waals surface area contributed by atoms with Crippen LogP contribution in [0.5, 0.6) is 0 Å². The number of Topliss-reactive ketones (excluding diaryl/α,β-unsaturated/α-hetero) is 1. The molecule has 2 aromatic heterocycles. The van der Waals surface area contributed by atoms with Gasteiger partial charge in [-0.1, -0.05) is 57.3 Å². The highest BCUT2D eigenvalue weighted by Crippen LogP contribution is 2.30. The van der Waals surface area contributed by atoms with Crippen LogP contribution in [0.15, 0.2) is 34.7 Å². The molecule has 184 valence electrons. The zero-order chi connectivity index (χ0) is 25.2. The standard InChI is InChI=1S/C29H35N3O3/c1-5-21-18-23-25(28(35)32(21)19-24(33)20-14-10-8-11-15-20)22(6-2)26(31(23)4)27(34)30-29(7-3)16-12-9-13-17-29/h3,8,10,14,18H,5-6,9,11-13,15-17,19H2,1-2,4H3,(H,30,34). The van der Waals surface area contributed by atoms with Gasteiger partial charge in [-0.3, -0.25) is 14.4 Å². The average Bonchev–Trinajstić information content (AvgIpc) is 3.18. The van der Waals surface area contributed by atoms with Crippen molar-refractivity contribution in [2.75, 3.05) is 0 Å². The molecule has 0 spiro atoms. The van der Waals surface area contributed by atoms with Gasteiger partial charge in [-0.25, -0.2) is 0 Å². The zero-order valence-electron chi connectivity index (χ0n) is 21.1. The molecule has 1 N–H and O–H groups in total. The number of aromatic nitrogens is 2. The summed E-state index contributed by atoms with van der Waals surface area (Å²) in [5.41, 5.74) is 2.58. The minimum Gasteiger partial charge on any atom is -0.339 e. The lowest BCUT2D eigenvalue weighted by molar-refractivity contribution is -0.116. The Kier molecular flexibility index (Phi) is 7.16. The molecule has 4 rings (SSSR count). The predicted octanol–water partition coefficient (Wildman–Crippen LogP) is 4.38. The number of aryl methyl sites for hydroxylation is 3. The molecule has 6 heteroatoms. The van der Waals surface area contributed by atoms with Crippen LogP contribution in [0.25, 0.3) is 10.9 Å². The minimum absolute atomic E-state index is 0.0113. The normalized spacial score (nSPS) is 17.1. The van der Waals surface area contributed by atoms with E-state index in [1.54, 1.807) is 4.57 Å². The van der Waals surface area contributed by atoms with Crippen LogP contribution < -0.4 is 10.9 Å². The molecule has 0 atom stereocenters. The minimum atomic E-state index is -0.639. The number of rotatable bonds is 7. The maximum Gasteiger partial charge on any atom is 0.269 e.